The molecule has 0 radical (unpaired) electrons. The summed E-state index contributed by atoms with van der Waals surface area (Å²) in [4.78, 5) is 0. The Labute approximate surface area is 95.0 Å². The smallest absolute Gasteiger partial charge is 0.00723 e. The van der Waals surface area contributed by atoms with Gasteiger partial charge in [-0.2, -0.15) is 0 Å². The predicted octanol–water partition coefficient (Wildman–Crippen LogP) is 3.73. The maximum Gasteiger partial charge on any atom is 0.00723 e. The summed E-state index contributed by atoms with van der Waals surface area (Å²) in [5, 5.41) is 3.80. The minimum absolute atomic E-state index is 0.718. The van der Waals surface area contributed by atoms with E-state index in [2.05, 4.69) is 19.2 Å². The van der Waals surface area contributed by atoms with Gasteiger partial charge in [0.2, 0.25) is 0 Å². The first-order valence-electron chi connectivity index (χ1n) is 7.05. The van der Waals surface area contributed by atoms with Crippen molar-refractivity contribution in [2.24, 2.45) is 11.8 Å². The van der Waals surface area contributed by atoms with Crippen molar-refractivity contribution in [1.82, 2.24) is 5.32 Å². The first-order chi connectivity index (χ1) is 7.29. The van der Waals surface area contributed by atoms with Crippen molar-refractivity contribution in [3.05, 3.63) is 0 Å². The van der Waals surface area contributed by atoms with Gasteiger partial charge in [0.25, 0.3) is 0 Å². The Morgan fingerprint density at radius 3 is 2.53 bits per heavy atom. The molecule has 0 spiro atoms. The van der Waals surface area contributed by atoms with Crippen molar-refractivity contribution >= 4 is 0 Å². The van der Waals surface area contributed by atoms with Crippen LogP contribution in [0.25, 0.3) is 0 Å². The van der Waals surface area contributed by atoms with Gasteiger partial charge in [-0.25, -0.2) is 0 Å². The highest BCUT2D eigenvalue weighted by Crippen LogP contribution is 2.40. The first-order valence-corrected chi connectivity index (χ1v) is 7.05. The number of nitrogens with one attached hydrogen (secondary N) is 1. The van der Waals surface area contributed by atoms with Crippen LogP contribution in [0, 0.1) is 11.8 Å². The molecule has 1 heteroatoms. The highest BCUT2D eigenvalue weighted by molar-refractivity contribution is 4.86. The fraction of sp³-hybridized carbons (Fsp3) is 1.00. The Bertz CT molecular complexity index is 190. The van der Waals surface area contributed by atoms with Crippen molar-refractivity contribution in [1.29, 1.82) is 0 Å². The summed E-state index contributed by atoms with van der Waals surface area (Å²) in [5.41, 5.74) is 0. The molecule has 2 aliphatic rings. The maximum absolute atomic E-state index is 3.80. The molecule has 2 fully saturated rings. The Kier molecular flexibility index (Phi) is 4.07. The fourth-order valence-electron chi connectivity index (χ4n) is 3.54. The van der Waals surface area contributed by atoms with Crippen molar-refractivity contribution in [3.8, 4) is 0 Å². The van der Waals surface area contributed by atoms with Gasteiger partial charge in [-0.3, -0.25) is 0 Å². The average Bonchev–Trinajstić information content (AvgIpc) is 2.29. The zero-order chi connectivity index (χ0) is 10.7. The van der Waals surface area contributed by atoms with E-state index in [4.69, 9.17) is 0 Å². The average molecular weight is 209 g/mol. The molecule has 0 heterocycles. The third-order valence-corrected chi connectivity index (χ3v) is 4.67. The topological polar surface area (TPSA) is 12.0 Å². The quantitative estimate of drug-likeness (QED) is 0.747. The highest BCUT2D eigenvalue weighted by atomic mass is 14.9. The summed E-state index contributed by atoms with van der Waals surface area (Å²) < 4.78 is 0. The van der Waals surface area contributed by atoms with Crippen molar-refractivity contribution < 1.29 is 0 Å². The van der Waals surface area contributed by atoms with Crippen molar-refractivity contribution in [2.75, 3.05) is 0 Å². The summed E-state index contributed by atoms with van der Waals surface area (Å²) in [6.45, 7) is 4.61. The normalized spacial score (nSPS) is 38.4. The molecule has 0 aromatic heterocycles. The monoisotopic (exact) mass is 209 g/mol. The molecule has 88 valence electrons. The van der Waals surface area contributed by atoms with Gasteiger partial charge in [-0.05, 0) is 44.4 Å². The standard InChI is InChI=1S/C14H27N/c1-3-11(2)15-14-9-8-12-6-4-5-7-13(12)10-14/h11-15H,3-10H2,1-2H3. The summed E-state index contributed by atoms with van der Waals surface area (Å²) in [6, 6.07) is 1.55. The van der Waals surface area contributed by atoms with Gasteiger partial charge in [-0.1, -0.05) is 32.6 Å². The molecule has 0 aliphatic heterocycles. The summed E-state index contributed by atoms with van der Waals surface area (Å²) in [6.07, 6.45) is 11.7. The van der Waals surface area contributed by atoms with Crippen LogP contribution in [0.2, 0.25) is 0 Å². The molecule has 2 saturated carbocycles. The van der Waals surface area contributed by atoms with Crippen LogP contribution in [-0.4, -0.2) is 12.1 Å². The van der Waals surface area contributed by atoms with E-state index in [9.17, 15) is 0 Å². The zero-order valence-electron chi connectivity index (χ0n) is 10.5. The van der Waals surface area contributed by atoms with Gasteiger partial charge in [0.05, 0.1) is 0 Å². The molecule has 0 saturated heterocycles. The Hall–Kier alpha value is -0.0400. The van der Waals surface area contributed by atoms with E-state index in [1.165, 1.54) is 51.4 Å². The van der Waals surface area contributed by atoms with Crippen molar-refractivity contribution in [3.63, 3.8) is 0 Å². The second-order valence-electron chi connectivity index (χ2n) is 5.79. The van der Waals surface area contributed by atoms with E-state index in [1.807, 2.05) is 0 Å². The molecule has 0 bridgehead atoms. The molecule has 0 amide bonds. The van der Waals surface area contributed by atoms with E-state index in [-0.39, 0.29) is 0 Å². The van der Waals surface area contributed by atoms with E-state index < -0.39 is 0 Å². The molecule has 4 unspecified atom stereocenters. The van der Waals surface area contributed by atoms with Crippen molar-refractivity contribution in [2.45, 2.75) is 77.3 Å². The van der Waals surface area contributed by atoms with Crippen LogP contribution in [0.3, 0.4) is 0 Å². The van der Waals surface area contributed by atoms with Crippen LogP contribution in [0.15, 0.2) is 0 Å². The van der Waals surface area contributed by atoms with Crippen LogP contribution in [-0.2, 0) is 0 Å². The summed E-state index contributed by atoms with van der Waals surface area (Å²) in [7, 11) is 0. The summed E-state index contributed by atoms with van der Waals surface area (Å²) >= 11 is 0. The predicted molar refractivity (Wildman–Crippen MR) is 66.0 cm³/mol. The van der Waals surface area contributed by atoms with Crippen LogP contribution < -0.4 is 5.32 Å². The zero-order valence-corrected chi connectivity index (χ0v) is 10.5. The Balaban J connectivity index is 1.80. The van der Waals surface area contributed by atoms with E-state index in [0.29, 0.717) is 0 Å². The van der Waals surface area contributed by atoms with Gasteiger partial charge in [0.15, 0.2) is 0 Å². The lowest BCUT2D eigenvalue weighted by Gasteiger charge is -2.40. The van der Waals surface area contributed by atoms with Gasteiger partial charge in [0, 0.05) is 12.1 Å². The van der Waals surface area contributed by atoms with Crippen LogP contribution in [0.1, 0.15) is 65.2 Å². The van der Waals surface area contributed by atoms with Crippen LogP contribution >= 0.6 is 0 Å². The highest BCUT2D eigenvalue weighted by Gasteiger charge is 2.32. The molecule has 0 aromatic rings. The Morgan fingerprint density at radius 1 is 1.07 bits per heavy atom. The number of hydrogen-bond donors (Lipinski definition) is 1. The van der Waals surface area contributed by atoms with E-state index >= 15 is 0 Å². The van der Waals surface area contributed by atoms with E-state index in [1.54, 1.807) is 0 Å². The maximum atomic E-state index is 3.80. The van der Waals surface area contributed by atoms with E-state index in [0.717, 1.165) is 23.9 Å². The number of rotatable bonds is 3. The lowest BCUT2D eigenvalue weighted by atomic mass is 9.69. The third kappa shape index (κ3) is 2.96. The molecule has 2 rings (SSSR count). The molecule has 1 nitrogen and oxygen atoms in total. The van der Waals surface area contributed by atoms with Crippen LogP contribution in [0.5, 0.6) is 0 Å². The van der Waals surface area contributed by atoms with Crippen LogP contribution in [0.4, 0.5) is 0 Å². The largest absolute Gasteiger partial charge is 0.312 e. The third-order valence-electron chi connectivity index (χ3n) is 4.67. The van der Waals surface area contributed by atoms with Gasteiger partial charge in [-0.15, -0.1) is 0 Å². The summed E-state index contributed by atoms with van der Waals surface area (Å²) in [5.74, 6) is 2.16. The minimum atomic E-state index is 0.718. The minimum Gasteiger partial charge on any atom is -0.312 e. The molecule has 0 aromatic carbocycles. The van der Waals surface area contributed by atoms with Gasteiger partial charge < -0.3 is 5.32 Å². The van der Waals surface area contributed by atoms with Gasteiger partial charge in [0.1, 0.15) is 0 Å². The lowest BCUT2D eigenvalue weighted by Crippen LogP contribution is -2.42. The second-order valence-corrected chi connectivity index (χ2v) is 5.79. The second kappa shape index (κ2) is 5.34. The first kappa shape index (κ1) is 11.4. The molecule has 15 heavy (non-hydrogen) atoms. The number of hydrogen-bond acceptors (Lipinski definition) is 1. The molecular formula is C14H27N. The number of fused-ring (bicyclic) bond motifs is 1. The Morgan fingerprint density at radius 2 is 1.80 bits per heavy atom. The SMILES string of the molecule is CCC(C)NC1CCC2CCCCC2C1. The molecular weight excluding hydrogens is 182 g/mol. The fourth-order valence-corrected chi connectivity index (χ4v) is 3.54. The molecule has 2 aliphatic carbocycles. The molecule has 4 atom stereocenters. The van der Waals surface area contributed by atoms with Gasteiger partial charge >= 0.3 is 0 Å². The molecule has 1 N–H and O–H groups in total. The lowest BCUT2D eigenvalue weighted by molar-refractivity contribution is 0.139.